The minimum absolute atomic E-state index is 0.345. The first kappa shape index (κ1) is 22.8. The van der Waals surface area contributed by atoms with Crippen LogP contribution in [0.1, 0.15) is 38.8 Å². The van der Waals surface area contributed by atoms with Gasteiger partial charge in [0.15, 0.2) is 0 Å². The lowest BCUT2D eigenvalue weighted by atomic mass is 9.97. The van der Waals surface area contributed by atoms with E-state index in [1.807, 2.05) is 36.4 Å². The molecule has 0 aromatic heterocycles. The van der Waals surface area contributed by atoms with E-state index in [0.717, 1.165) is 21.9 Å². The Bertz CT molecular complexity index is 930. The van der Waals surface area contributed by atoms with Crippen LogP contribution < -0.4 is 9.44 Å². The molecule has 0 spiro atoms. The van der Waals surface area contributed by atoms with E-state index in [1.165, 1.54) is 0 Å². The Morgan fingerprint density at radius 1 is 0.679 bits per heavy atom. The van der Waals surface area contributed by atoms with Crippen molar-refractivity contribution < 1.29 is 16.8 Å². The lowest BCUT2D eigenvalue weighted by Gasteiger charge is -2.13. The predicted molar refractivity (Wildman–Crippen MR) is 115 cm³/mol. The van der Waals surface area contributed by atoms with Crippen molar-refractivity contribution in [1.82, 2.24) is 9.44 Å². The normalized spacial score (nSPS) is 12.9. The van der Waals surface area contributed by atoms with Gasteiger partial charge in [-0.15, -0.1) is 0 Å². The topological polar surface area (TPSA) is 92.3 Å². The van der Waals surface area contributed by atoms with Crippen molar-refractivity contribution in [3.63, 3.8) is 0 Å². The number of rotatable bonds is 10. The second kappa shape index (κ2) is 9.35. The highest BCUT2D eigenvalue weighted by Crippen LogP contribution is 2.23. The largest absolute Gasteiger partial charge is 0.215 e. The first-order chi connectivity index (χ1) is 13.0. The number of nitrogens with one attached hydrogen (secondary N) is 2. The summed E-state index contributed by atoms with van der Waals surface area (Å²) < 4.78 is 53.0. The summed E-state index contributed by atoms with van der Waals surface area (Å²) in [4.78, 5) is 0. The summed E-state index contributed by atoms with van der Waals surface area (Å²) in [6.07, 6.45) is 1.18. The monoisotopic (exact) mass is 426 g/mol. The van der Waals surface area contributed by atoms with E-state index in [1.54, 1.807) is 27.7 Å². The molecule has 2 aromatic carbocycles. The van der Waals surface area contributed by atoms with Crippen LogP contribution in [0.2, 0.25) is 0 Å². The molecule has 0 saturated heterocycles. The van der Waals surface area contributed by atoms with Crippen LogP contribution in [0.4, 0.5) is 0 Å². The van der Waals surface area contributed by atoms with E-state index < -0.39 is 30.5 Å². The molecule has 0 heterocycles. The first-order valence-electron chi connectivity index (χ1n) is 9.51. The van der Waals surface area contributed by atoms with E-state index in [9.17, 15) is 16.8 Å². The summed E-state index contributed by atoms with van der Waals surface area (Å²) in [5, 5.41) is 1.22. The molecule has 6 nitrogen and oxygen atoms in total. The van der Waals surface area contributed by atoms with Crippen molar-refractivity contribution in [1.29, 1.82) is 0 Å². The van der Waals surface area contributed by atoms with Gasteiger partial charge in [-0.05, 0) is 62.4 Å². The second-order valence-corrected chi connectivity index (χ2v) is 12.0. The van der Waals surface area contributed by atoms with Crippen molar-refractivity contribution in [2.24, 2.45) is 0 Å². The molecular formula is C20H30N2O4S2. The summed E-state index contributed by atoms with van der Waals surface area (Å²) >= 11 is 0. The van der Waals surface area contributed by atoms with Crippen LogP contribution in [0.25, 0.3) is 10.8 Å². The summed E-state index contributed by atoms with van der Waals surface area (Å²) in [5.41, 5.74) is 2.13. The van der Waals surface area contributed by atoms with Crippen LogP contribution in [0.3, 0.4) is 0 Å². The zero-order valence-electron chi connectivity index (χ0n) is 16.9. The Labute approximate surface area is 168 Å². The van der Waals surface area contributed by atoms with E-state index in [2.05, 4.69) is 9.44 Å². The van der Waals surface area contributed by atoms with Gasteiger partial charge in [-0.3, -0.25) is 0 Å². The summed E-state index contributed by atoms with van der Waals surface area (Å²) in [5.74, 6) is 0. The van der Waals surface area contributed by atoms with Crippen LogP contribution in [-0.2, 0) is 32.9 Å². The molecule has 0 fully saturated rings. The molecule has 156 valence electrons. The number of benzene rings is 2. The van der Waals surface area contributed by atoms with Gasteiger partial charge in [0.05, 0.1) is 10.5 Å². The van der Waals surface area contributed by atoms with Gasteiger partial charge in [-0.1, -0.05) is 36.4 Å². The van der Waals surface area contributed by atoms with Crippen molar-refractivity contribution in [3.8, 4) is 0 Å². The molecule has 0 unspecified atom stereocenters. The Morgan fingerprint density at radius 3 is 1.36 bits per heavy atom. The standard InChI is InChI=1S/C20H30N2O4S2/c1-15(2)27(23,24)21-13-11-17-7-5-10-20-18(8-6-9-19(17)20)12-14-22-28(25,26)16(3)4/h5-10,15-16,21-22H,11-14H2,1-4H3. The fourth-order valence-corrected chi connectivity index (χ4v) is 4.31. The first-order valence-corrected chi connectivity index (χ1v) is 12.6. The second-order valence-electron chi connectivity index (χ2n) is 7.41. The maximum absolute atomic E-state index is 11.9. The van der Waals surface area contributed by atoms with Gasteiger partial charge in [-0.2, -0.15) is 0 Å². The number of sulfonamides is 2. The molecule has 2 rings (SSSR count). The Hall–Kier alpha value is -1.48. The van der Waals surface area contributed by atoms with E-state index in [0.29, 0.717) is 25.9 Å². The number of hydrogen-bond donors (Lipinski definition) is 2. The van der Waals surface area contributed by atoms with Crippen LogP contribution in [0.15, 0.2) is 36.4 Å². The minimum Gasteiger partial charge on any atom is -0.215 e. The number of hydrogen-bond acceptors (Lipinski definition) is 4. The summed E-state index contributed by atoms with van der Waals surface area (Å²) in [6.45, 7) is 7.30. The van der Waals surface area contributed by atoms with E-state index in [4.69, 9.17) is 0 Å². The minimum atomic E-state index is -3.28. The average molecular weight is 427 g/mol. The van der Waals surface area contributed by atoms with Gasteiger partial charge < -0.3 is 0 Å². The third kappa shape index (κ3) is 5.76. The zero-order chi connectivity index (χ0) is 20.9. The molecule has 2 N–H and O–H groups in total. The van der Waals surface area contributed by atoms with Crippen LogP contribution in [-0.4, -0.2) is 40.4 Å². The third-order valence-electron chi connectivity index (χ3n) is 4.74. The van der Waals surface area contributed by atoms with Crippen molar-refractivity contribution in [2.75, 3.05) is 13.1 Å². The van der Waals surface area contributed by atoms with Gasteiger partial charge in [-0.25, -0.2) is 26.3 Å². The number of fused-ring (bicyclic) bond motifs is 1. The SMILES string of the molecule is CC(C)S(=O)(=O)NCCc1cccc2c(CCNS(=O)(=O)C(C)C)cccc12. The summed E-state index contributed by atoms with van der Waals surface area (Å²) in [7, 11) is -6.56. The van der Waals surface area contributed by atoms with Gasteiger partial charge in [0.25, 0.3) is 0 Å². The van der Waals surface area contributed by atoms with Crippen molar-refractivity contribution in [3.05, 3.63) is 47.5 Å². The Kier molecular flexibility index (Phi) is 7.61. The van der Waals surface area contributed by atoms with Crippen molar-refractivity contribution in [2.45, 2.75) is 51.0 Å². The third-order valence-corrected chi connectivity index (χ3v) is 8.43. The van der Waals surface area contributed by atoms with E-state index in [-0.39, 0.29) is 0 Å². The fourth-order valence-electron chi connectivity index (χ4n) is 2.87. The molecule has 0 aliphatic heterocycles. The Morgan fingerprint density at radius 2 is 1.04 bits per heavy atom. The summed E-state index contributed by atoms with van der Waals surface area (Å²) in [6, 6.07) is 11.9. The van der Waals surface area contributed by atoms with Gasteiger partial charge in [0.2, 0.25) is 20.0 Å². The molecule has 0 radical (unpaired) electrons. The highest BCUT2D eigenvalue weighted by atomic mass is 32.2. The lowest BCUT2D eigenvalue weighted by molar-refractivity contribution is 0.571. The highest BCUT2D eigenvalue weighted by Gasteiger charge is 2.16. The molecule has 28 heavy (non-hydrogen) atoms. The molecule has 2 aromatic rings. The molecular weight excluding hydrogens is 396 g/mol. The zero-order valence-corrected chi connectivity index (χ0v) is 18.5. The van der Waals surface area contributed by atoms with E-state index >= 15 is 0 Å². The lowest BCUT2D eigenvalue weighted by Crippen LogP contribution is -2.32. The van der Waals surface area contributed by atoms with Crippen LogP contribution in [0.5, 0.6) is 0 Å². The molecule has 0 atom stereocenters. The predicted octanol–water partition coefficient (Wildman–Crippen LogP) is 2.58. The Balaban J connectivity index is 2.14. The van der Waals surface area contributed by atoms with Gasteiger partial charge in [0, 0.05) is 13.1 Å². The molecule has 0 aliphatic rings. The fraction of sp³-hybridized carbons (Fsp3) is 0.500. The molecule has 8 heteroatoms. The maximum Gasteiger partial charge on any atom is 0.213 e. The highest BCUT2D eigenvalue weighted by molar-refractivity contribution is 7.90. The maximum atomic E-state index is 11.9. The van der Waals surface area contributed by atoms with Gasteiger partial charge >= 0.3 is 0 Å². The quantitative estimate of drug-likeness (QED) is 0.611. The average Bonchev–Trinajstić information content (AvgIpc) is 2.61. The van der Waals surface area contributed by atoms with Gasteiger partial charge in [0.1, 0.15) is 0 Å². The molecule has 0 saturated carbocycles. The van der Waals surface area contributed by atoms with Crippen LogP contribution >= 0.6 is 0 Å². The smallest absolute Gasteiger partial charge is 0.213 e. The molecule has 0 amide bonds. The van der Waals surface area contributed by atoms with Crippen molar-refractivity contribution >= 4 is 30.8 Å². The molecule has 0 aliphatic carbocycles. The van der Waals surface area contributed by atoms with Crippen LogP contribution in [0, 0.1) is 0 Å². The molecule has 0 bridgehead atoms.